The lowest BCUT2D eigenvalue weighted by Crippen LogP contribution is -2.05. The SMILES string of the molecule is Cc1cc(NC(C)c2cccs2)cc([N+](=O)[O-])c1. The number of hydrogen-bond donors (Lipinski definition) is 1. The summed E-state index contributed by atoms with van der Waals surface area (Å²) < 4.78 is 0. The molecule has 0 bridgehead atoms. The number of benzene rings is 1. The number of non-ortho nitro benzene ring substituents is 1. The molecule has 0 aliphatic rings. The Morgan fingerprint density at radius 2 is 2.17 bits per heavy atom. The average molecular weight is 262 g/mol. The number of nitro benzene ring substituents is 1. The van der Waals surface area contributed by atoms with Crippen LogP contribution in [0.1, 0.15) is 23.4 Å². The molecule has 0 amide bonds. The standard InChI is InChI=1S/C13H14N2O2S/c1-9-6-11(8-12(7-9)15(16)17)14-10(2)13-4-3-5-18-13/h3-8,10,14H,1-2H3. The molecule has 0 radical (unpaired) electrons. The zero-order valence-electron chi connectivity index (χ0n) is 10.2. The van der Waals surface area contributed by atoms with Crippen LogP contribution in [0.4, 0.5) is 11.4 Å². The smallest absolute Gasteiger partial charge is 0.271 e. The highest BCUT2D eigenvalue weighted by atomic mass is 32.1. The van der Waals surface area contributed by atoms with Gasteiger partial charge in [-0.15, -0.1) is 11.3 Å². The summed E-state index contributed by atoms with van der Waals surface area (Å²) in [5.74, 6) is 0. The predicted molar refractivity (Wildman–Crippen MR) is 74.2 cm³/mol. The largest absolute Gasteiger partial charge is 0.377 e. The number of nitro groups is 1. The highest BCUT2D eigenvalue weighted by Crippen LogP contribution is 2.26. The summed E-state index contributed by atoms with van der Waals surface area (Å²) in [4.78, 5) is 11.6. The van der Waals surface area contributed by atoms with E-state index in [-0.39, 0.29) is 16.7 Å². The highest BCUT2D eigenvalue weighted by molar-refractivity contribution is 7.10. The van der Waals surface area contributed by atoms with Crippen LogP contribution < -0.4 is 5.32 Å². The van der Waals surface area contributed by atoms with Crippen LogP contribution in [-0.2, 0) is 0 Å². The van der Waals surface area contributed by atoms with E-state index in [2.05, 4.69) is 5.32 Å². The molecule has 1 N–H and O–H groups in total. The Balaban J connectivity index is 2.21. The summed E-state index contributed by atoms with van der Waals surface area (Å²) in [5, 5.41) is 16.1. The summed E-state index contributed by atoms with van der Waals surface area (Å²) in [7, 11) is 0. The molecule has 0 saturated heterocycles. The first-order chi connectivity index (χ1) is 8.56. The van der Waals surface area contributed by atoms with Crippen LogP contribution >= 0.6 is 11.3 Å². The highest BCUT2D eigenvalue weighted by Gasteiger charge is 2.11. The van der Waals surface area contributed by atoms with Crippen molar-refractivity contribution in [3.63, 3.8) is 0 Å². The Labute approximate surface area is 109 Å². The minimum atomic E-state index is -0.367. The molecule has 5 heteroatoms. The van der Waals surface area contributed by atoms with E-state index in [1.165, 1.54) is 4.88 Å². The van der Waals surface area contributed by atoms with Gasteiger partial charge in [0.05, 0.1) is 11.0 Å². The lowest BCUT2D eigenvalue weighted by Gasteiger charge is -2.14. The monoisotopic (exact) mass is 262 g/mol. The molecule has 0 aliphatic carbocycles. The van der Waals surface area contributed by atoms with Crippen molar-refractivity contribution < 1.29 is 4.92 Å². The van der Waals surface area contributed by atoms with Gasteiger partial charge >= 0.3 is 0 Å². The van der Waals surface area contributed by atoms with Crippen molar-refractivity contribution in [3.05, 3.63) is 56.3 Å². The van der Waals surface area contributed by atoms with Crippen LogP contribution in [0.5, 0.6) is 0 Å². The molecule has 0 spiro atoms. The second kappa shape index (κ2) is 5.18. The van der Waals surface area contributed by atoms with E-state index in [9.17, 15) is 10.1 Å². The summed E-state index contributed by atoms with van der Waals surface area (Å²) in [6, 6.07) is 9.24. The second-order valence-electron chi connectivity index (χ2n) is 4.20. The molecule has 18 heavy (non-hydrogen) atoms. The lowest BCUT2D eigenvalue weighted by atomic mass is 10.1. The Hall–Kier alpha value is -1.88. The lowest BCUT2D eigenvalue weighted by molar-refractivity contribution is -0.384. The Morgan fingerprint density at radius 1 is 1.39 bits per heavy atom. The number of anilines is 1. The maximum Gasteiger partial charge on any atom is 0.271 e. The van der Waals surface area contributed by atoms with Crippen molar-refractivity contribution in [2.75, 3.05) is 5.32 Å². The molecule has 0 saturated carbocycles. The fourth-order valence-corrected chi connectivity index (χ4v) is 2.54. The number of nitrogens with zero attached hydrogens (tertiary/aromatic N) is 1. The summed E-state index contributed by atoms with van der Waals surface area (Å²) >= 11 is 1.67. The van der Waals surface area contributed by atoms with Crippen LogP contribution in [0, 0.1) is 17.0 Å². The Kier molecular flexibility index (Phi) is 3.62. The van der Waals surface area contributed by atoms with Crippen molar-refractivity contribution in [2.24, 2.45) is 0 Å². The number of thiophene rings is 1. The van der Waals surface area contributed by atoms with Gasteiger partial charge in [0, 0.05) is 22.7 Å². The van der Waals surface area contributed by atoms with Crippen LogP contribution in [0.2, 0.25) is 0 Å². The van der Waals surface area contributed by atoms with E-state index in [1.54, 1.807) is 23.5 Å². The number of aryl methyl sites for hydroxylation is 1. The maximum absolute atomic E-state index is 10.8. The molecule has 4 nitrogen and oxygen atoms in total. The van der Waals surface area contributed by atoms with Crippen molar-refractivity contribution in [2.45, 2.75) is 19.9 Å². The Bertz CT molecular complexity index is 552. The second-order valence-corrected chi connectivity index (χ2v) is 5.18. The molecule has 1 aromatic carbocycles. The zero-order valence-corrected chi connectivity index (χ0v) is 11.0. The molecule has 1 heterocycles. The molecular formula is C13H14N2O2S. The van der Waals surface area contributed by atoms with Gasteiger partial charge in [-0.1, -0.05) is 6.07 Å². The van der Waals surface area contributed by atoms with E-state index in [0.29, 0.717) is 0 Å². The summed E-state index contributed by atoms with van der Waals surface area (Å²) in [6.45, 7) is 3.90. The molecule has 2 rings (SSSR count). The number of nitrogens with one attached hydrogen (secondary N) is 1. The zero-order chi connectivity index (χ0) is 13.1. The molecule has 1 unspecified atom stereocenters. The quantitative estimate of drug-likeness (QED) is 0.665. The van der Waals surface area contributed by atoms with Gasteiger partial charge in [-0.25, -0.2) is 0 Å². The molecular weight excluding hydrogens is 248 g/mol. The van der Waals surface area contributed by atoms with Crippen molar-refractivity contribution >= 4 is 22.7 Å². The van der Waals surface area contributed by atoms with Crippen LogP contribution in [0.3, 0.4) is 0 Å². The van der Waals surface area contributed by atoms with Gasteiger partial charge in [0.15, 0.2) is 0 Å². The fraction of sp³-hybridized carbons (Fsp3) is 0.231. The van der Waals surface area contributed by atoms with Gasteiger partial charge in [0.2, 0.25) is 0 Å². The molecule has 2 aromatic rings. The van der Waals surface area contributed by atoms with E-state index < -0.39 is 0 Å². The van der Waals surface area contributed by atoms with E-state index in [4.69, 9.17) is 0 Å². The minimum Gasteiger partial charge on any atom is -0.377 e. The van der Waals surface area contributed by atoms with Crippen molar-refractivity contribution in [1.82, 2.24) is 0 Å². The van der Waals surface area contributed by atoms with E-state index in [0.717, 1.165) is 11.3 Å². The third-order valence-electron chi connectivity index (χ3n) is 2.63. The first-order valence-corrected chi connectivity index (χ1v) is 6.50. The van der Waals surface area contributed by atoms with Crippen LogP contribution in [0.15, 0.2) is 35.7 Å². The molecule has 1 aromatic heterocycles. The molecule has 0 aliphatic heterocycles. The van der Waals surface area contributed by atoms with Gasteiger partial charge in [0.25, 0.3) is 5.69 Å². The third kappa shape index (κ3) is 2.87. The first-order valence-electron chi connectivity index (χ1n) is 5.62. The van der Waals surface area contributed by atoms with Crippen molar-refractivity contribution in [1.29, 1.82) is 0 Å². The number of hydrogen-bond acceptors (Lipinski definition) is 4. The van der Waals surface area contributed by atoms with Crippen LogP contribution in [0.25, 0.3) is 0 Å². The number of rotatable bonds is 4. The topological polar surface area (TPSA) is 55.2 Å². The molecule has 1 atom stereocenters. The Morgan fingerprint density at radius 3 is 2.78 bits per heavy atom. The summed E-state index contributed by atoms with van der Waals surface area (Å²) in [6.07, 6.45) is 0. The minimum absolute atomic E-state index is 0.121. The van der Waals surface area contributed by atoms with E-state index >= 15 is 0 Å². The van der Waals surface area contributed by atoms with E-state index in [1.807, 2.05) is 37.4 Å². The average Bonchev–Trinajstić information content (AvgIpc) is 2.81. The van der Waals surface area contributed by atoms with Gasteiger partial charge in [-0.3, -0.25) is 10.1 Å². The van der Waals surface area contributed by atoms with Crippen LogP contribution in [-0.4, -0.2) is 4.92 Å². The summed E-state index contributed by atoms with van der Waals surface area (Å²) in [5.41, 5.74) is 1.78. The fourth-order valence-electron chi connectivity index (χ4n) is 1.81. The van der Waals surface area contributed by atoms with Gasteiger partial charge in [0.1, 0.15) is 0 Å². The van der Waals surface area contributed by atoms with Crippen molar-refractivity contribution in [3.8, 4) is 0 Å². The normalized spacial score (nSPS) is 12.1. The molecule has 0 fully saturated rings. The van der Waals surface area contributed by atoms with Gasteiger partial charge in [-0.2, -0.15) is 0 Å². The predicted octanol–water partition coefficient (Wildman–Crippen LogP) is 4.14. The third-order valence-corrected chi connectivity index (χ3v) is 3.68. The first kappa shape index (κ1) is 12.6. The van der Waals surface area contributed by atoms with Gasteiger partial charge < -0.3 is 5.32 Å². The van der Waals surface area contributed by atoms with Gasteiger partial charge in [-0.05, 0) is 36.9 Å². The maximum atomic E-state index is 10.8. The molecule has 94 valence electrons.